The summed E-state index contributed by atoms with van der Waals surface area (Å²) in [5.41, 5.74) is 0.684. The standard InChI is InChI=1S/C21H19ClF3N5OS/c22-15-4-3-5-16(11-15)30-13-26-28-20(30)32-12-19(31)27-17-10-14(21(23,24)25)6-7-18(17)29-8-1-2-9-29/h3-7,10-11,13H,1-2,8-9,12H2,(H,27,31). The lowest BCUT2D eigenvalue weighted by atomic mass is 10.1. The summed E-state index contributed by atoms with van der Waals surface area (Å²) < 4.78 is 41.4. The molecule has 1 amide bonds. The first kappa shape index (κ1) is 22.5. The lowest BCUT2D eigenvalue weighted by molar-refractivity contribution is -0.137. The molecular weight excluding hydrogens is 463 g/mol. The van der Waals surface area contributed by atoms with Gasteiger partial charge in [-0.15, -0.1) is 10.2 Å². The number of nitrogens with zero attached hydrogens (tertiary/aromatic N) is 4. The molecule has 0 bridgehead atoms. The number of carbonyl (C=O) groups is 1. The Morgan fingerprint density at radius 3 is 2.66 bits per heavy atom. The molecule has 4 rings (SSSR count). The monoisotopic (exact) mass is 481 g/mol. The SMILES string of the molecule is O=C(CSc1nncn1-c1cccc(Cl)c1)Nc1cc(C(F)(F)F)ccc1N1CCCC1. The summed E-state index contributed by atoms with van der Waals surface area (Å²) in [7, 11) is 0. The van der Waals surface area contributed by atoms with Crippen molar-refractivity contribution < 1.29 is 18.0 Å². The third-order valence-corrected chi connectivity index (χ3v) is 6.16. The number of hydrogen-bond donors (Lipinski definition) is 1. The molecule has 1 aromatic heterocycles. The number of aromatic nitrogens is 3. The summed E-state index contributed by atoms with van der Waals surface area (Å²) >= 11 is 7.16. The van der Waals surface area contributed by atoms with Gasteiger partial charge < -0.3 is 10.2 Å². The molecule has 1 N–H and O–H groups in total. The number of alkyl halides is 3. The lowest BCUT2D eigenvalue weighted by Crippen LogP contribution is -2.22. The maximum Gasteiger partial charge on any atom is 0.416 e. The third-order valence-electron chi connectivity index (χ3n) is 4.98. The quantitative estimate of drug-likeness (QED) is 0.486. The van der Waals surface area contributed by atoms with Crippen LogP contribution in [-0.4, -0.2) is 39.5 Å². The van der Waals surface area contributed by atoms with Gasteiger partial charge >= 0.3 is 6.18 Å². The number of anilines is 2. The van der Waals surface area contributed by atoms with Gasteiger partial charge in [0.2, 0.25) is 5.91 Å². The molecule has 0 atom stereocenters. The zero-order chi connectivity index (χ0) is 22.7. The summed E-state index contributed by atoms with van der Waals surface area (Å²) in [5.74, 6) is -0.481. The molecule has 11 heteroatoms. The number of amides is 1. The number of benzene rings is 2. The summed E-state index contributed by atoms with van der Waals surface area (Å²) in [5, 5.41) is 11.6. The average Bonchev–Trinajstić information content (AvgIpc) is 3.44. The van der Waals surface area contributed by atoms with Crippen LogP contribution in [0.4, 0.5) is 24.5 Å². The van der Waals surface area contributed by atoms with Gasteiger partial charge in [-0.05, 0) is 49.2 Å². The average molecular weight is 482 g/mol. The Hall–Kier alpha value is -2.72. The second-order valence-corrected chi connectivity index (χ2v) is 8.60. The van der Waals surface area contributed by atoms with E-state index >= 15 is 0 Å². The van der Waals surface area contributed by atoms with Crippen LogP contribution in [0.2, 0.25) is 5.02 Å². The minimum Gasteiger partial charge on any atom is -0.370 e. The van der Waals surface area contributed by atoms with Gasteiger partial charge in [-0.3, -0.25) is 9.36 Å². The van der Waals surface area contributed by atoms with Gasteiger partial charge in [0.1, 0.15) is 6.33 Å². The minimum absolute atomic E-state index is 0.0467. The van der Waals surface area contributed by atoms with Crippen molar-refractivity contribution in [2.24, 2.45) is 0 Å². The van der Waals surface area contributed by atoms with E-state index in [0.29, 0.717) is 15.9 Å². The highest BCUT2D eigenvalue weighted by molar-refractivity contribution is 7.99. The van der Waals surface area contributed by atoms with Crippen molar-refractivity contribution >= 4 is 40.6 Å². The molecule has 0 spiro atoms. The molecule has 1 aliphatic heterocycles. The molecule has 0 unspecified atom stereocenters. The Balaban J connectivity index is 1.49. The van der Waals surface area contributed by atoms with Crippen LogP contribution in [-0.2, 0) is 11.0 Å². The van der Waals surface area contributed by atoms with E-state index in [-0.39, 0.29) is 11.4 Å². The van der Waals surface area contributed by atoms with E-state index in [4.69, 9.17) is 11.6 Å². The predicted molar refractivity (Wildman–Crippen MR) is 119 cm³/mol. The number of hydrogen-bond acceptors (Lipinski definition) is 5. The van der Waals surface area contributed by atoms with Gasteiger partial charge in [-0.1, -0.05) is 29.4 Å². The summed E-state index contributed by atoms with van der Waals surface area (Å²) in [6.07, 6.45) is -1.07. The van der Waals surface area contributed by atoms with Gasteiger partial charge in [0.15, 0.2) is 5.16 Å². The molecule has 168 valence electrons. The molecule has 1 fully saturated rings. The molecule has 1 saturated heterocycles. The summed E-state index contributed by atoms with van der Waals surface area (Å²) in [6.45, 7) is 1.48. The zero-order valence-electron chi connectivity index (χ0n) is 16.8. The molecule has 2 aromatic carbocycles. The topological polar surface area (TPSA) is 63.1 Å². The van der Waals surface area contributed by atoms with Crippen molar-refractivity contribution in [2.75, 3.05) is 29.1 Å². The number of carbonyl (C=O) groups excluding carboxylic acids is 1. The second-order valence-electron chi connectivity index (χ2n) is 7.22. The minimum atomic E-state index is -4.49. The first-order chi connectivity index (χ1) is 15.3. The highest BCUT2D eigenvalue weighted by atomic mass is 35.5. The Labute approximate surface area is 191 Å². The molecule has 6 nitrogen and oxygen atoms in total. The van der Waals surface area contributed by atoms with Gasteiger partial charge in [0, 0.05) is 18.1 Å². The third kappa shape index (κ3) is 5.18. The fourth-order valence-corrected chi connectivity index (χ4v) is 4.40. The largest absolute Gasteiger partial charge is 0.416 e. The number of halogens is 4. The Morgan fingerprint density at radius 2 is 1.94 bits per heavy atom. The Morgan fingerprint density at radius 1 is 1.16 bits per heavy atom. The number of thioether (sulfide) groups is 1. The van der Waals surface area contributed by atoms with Crippen LogP contribution in [0.3, 0.4) is 0 Å². The highest BCUT2D eigenvalue weighted by Crippen LogP contribution is 2.36. The van der Waals surface area contributed by atoms with Crippen molar-refractivity contribution in [2.45, 2.75) is 24.2 Å². The Kier molecular flexibility index (Phi) is 6.61. The van der Waals surface area contributed by atoms with Crippen LogP contribution in [0.1, 0.15) is 18.4 Å². The van der Waals surface area contributed by atoms with Crippen molar-refractivity contribution in [1.29, 1.82) is 0 Å². The maximum absolute atomic E-state index is 13.2. The van der Waals surface area contributed by atoms with E-state index in [9.17, 15) is 18.0 Å². The molecule has 0 aliphatic carbocycles. The van der Waals surface area contributed by atoms with Gasteiger partial charge in [-0.2, -0.15) is 13.2 Å². The van der Waals surface area contributed by atoms with E-state index < -0.39 is 17.6 Å². The second kappa shape index (κ2) is 9.41. The first-order valence-corrected chi connectivity index (χ1v) is 11.2. The normalized spacial score (nSPS) is 14.1. The van der Waals surface area contributed by atoms with Crippen LogP contribution < -0.4 is 10.2 Å². The smallest absolute Gasteiger partial charge is 0.370 e. The fraction of sp³-hybridized carbons (Fsp3) is 0.286. The molecular formula is C21H19ClF3N5OS. The fourth-order valence-electron chi connectivity index (χ4n) is 3.49. The molecule has 2 heterocycles. The van der Waals surface area contributed by atoms with E-state index in [1.54, 1.807) is 22.8 Å². The molecule has 1 aliphatic rings. The first-order valence-electron chi connectivity index (χ1n) is 9.86. The zero-order valence-corrected chi connectivity index (χ0v) is 18.3. The Bertz CT molecular complexity index is 1110. The van der Waals surface area contributed by atoms with E-state index in [1.165, 1.54) is 12.4 Å². The summed E-state index contributed by atoms with van der Waals surface area (Å²) in [6, 6.07) is 10.5. The highest BCUT2D eigenvalue weighted by Gasteiger charge is 2.32. The number of rotatable bonds is 6. The van der Waals surface area contributed by atoms with Gasteiger partial charge in [-0.25, -0.2) is 0 Å². The molecule has 3 aromatic rings. The molecule has 0 saturated carbocycles. The van der Waals surface area contributed by atoms with Crippen molar-refractivity contribution in [3.05, 3.63) is 59.4 Å². The van der Waals surface area contributed by atoms with E-state index in [1.807, 2.05) is 11.0 Å². The predicted octanol–water partition coefficient (Wildman–Crippen LogP) is 5.27. The van der Waals surface area contributed by atoms with Crippen LogP contribution in [0.25, 0.3) is 5.69 Å². The van der Waals surface area contributed by atoms with Crippen molar-refractivity contribution in [3.63, 3.8) is 0 Å². The van der Waals surface area contributed by atoms with Crippen molar-refractivity contribution in [1.82, 2.24) is 14.8 Å². The molecule has 0 radical (unpaired) electrons. The van der Waals surface area contributed by atoms with Gasteiger partial charge in [0.05, 0.1) is 28.4 Å². The number of nitrogens with one attached hydrogen (secondary N) is 1. The molecule has 32 heavy (non-hydrogen) atoms. The van der Waals surface area contributed by atoms with Gasteiger partial charge in [0.25, 0.3) is 0 Å². The van der Waals surface area contributed by atoms with Crippen LogP contribution in [0.15, 0.2) is 53.9 Å². The summed E-state index contributed by atoms with van der Waals surface area (Å²) in [4.78, 5) is 14.6. The van der Waals surface area contributed by atoms with Crippen molar-refractivity contribution in [3.8, 4) is 5.69 Å². The lowest BCUT2D eigenvalue weighted by Gasteiger charge is -2.23. The van der Waals surface area contributed by atoms with Crippen LogP contribution >= 0.6 is 23.4 Å². The van der Waals surface area contributed by atoms with Crippen LogP contribution in [0, 0.1) is 0 Å². The van der Waals surface area contributed by atoms with E-state index in [2.05, 4.69) is 15.5 Å². The maximum atomic E-state index is 13.2. The van der Waals surface area contributed by atoms with Crippen LogP contribution in [0.5, 0.6) is 0 Å². The van der Waals surface area contributed by atoms with E-state index in [0.717, 1.165) is 55.5 Å².